The number of carbonyl (C=O) groups is 2. The molecule has 1 rings (SSSR count). The number of Topliss-reactive ketones (excluding diaryl/α,β-unsaturated/α-hetero) is 1. The molecule has 1 aromatic carbocycles. The minimum absolute atomic E-state index is 0.00509. The van der Waals surface area contributed by atoms with E-state index in [0.717, 1.165) is 5.56 Å². The molecule has 0 bridgehead atoms. The standard InChI is InChI=1S/C15H21NO3/c1-4-19-15(18)11-16(10-12(2)17)13(3)14-8-6-5-7-9-14/h5-9,13H,4,10-11H2,1-3H3/t13-/m1/s1. The first-order chi connectivity index (χ1) is 9.04. The third-order valence-corrected chi connectivity index (χ3v) is 2.89. The second kappa shape index (κ2) is 7.69. The van der Waals surface area contributed by atoms with Crippen molar-refractivity contribution < 1.29 is 14.3 Å². The molecule has 0 saturated heterocycles. The van der Waals surface area contributed by atoms with E-state index in [2.05, 4.69) is 0 Å². The van der Waals surface area contributed by atoms with Crippen LogP contribution in [0.1, 0.15) is 32.4 Å². The minimum Gasteiger partial charge on any atom is -0.465 e. The van der Waals surface area contributed by atoms with Crippen molar-refractivity contribution in [2.24, 2.45) is 0 Å². The summed E-state index contributed by atoms with van der Waals surface area (Å²) in [6, 6.07) is 9.81. The molecular formula is C15H21NO3. The Bertz CT molecular complexity index is 417. The predicted octanol–water partition coefficient (Wildman–Crippen LogP) is 2.20. The van der Waals surface area contributed by atoms with Gasteiger partial charge in [-0.25, -0.2) is 0 Å². The Balaban J connectivity index is 2.78. The Labute approximate surface area is 114 Å². The van der Waals surface area contributed by atoms with Crippen molar-refractivity contribution in [3.63, 3.8) is 0 Å². The van der Waals surface area contributed by atoms with Crippen LogP contribution < -0.4 is 0 Å². The van der Waals surface area contributed by atoms with Gasteiger partial charge in [0.2, 0.25) is 0 Å². The Morgan fingerprint density at radius 2 is 1.84 bits per heavy atom. The van der Waals surface area contributed by atoms with Gasteiger partial charge in [0.15, 0.2) is 0 Å². The number of hydrogen-bond donors (Lipinski definition) is 0. The Kier molecular flexibility index (Phi) is 6.22. The summed E-state index contributed by atoms with van der Waals surface area (Å²) in [6.07, 6.45) is 0. The lowest BCUT2D eigenvalue weighted by Gasteiger charge is -2.27. The van der Waals surface area contributed by atoms with Crippen LogP contribution in [0.5, 0.6) is 0 Å². The summed E-state index contributed by atoms with van der Waals surface area (Å²) < 4.78 is 4.95. The summed E-state index contributed by atoms with van der Waals surface area (Å²) in [4.78, 5) is 24.8. The highest BCUT2D eigenvalue weighted by molar-refractivity contribution is 5.79. The van der Waals surface area contributed by atoms with E-state index in [-0.39, 0.29) is 30.9 Å². The van der Waals surface area contributed by atoms with E-state index in [0.29, 0.717) is 6.61 Å². The van der Waals surface area contributed by atoms with Gasteiger partial charge in [-0.05, 0) is 26.3 Å². The molecule has 0 fully saturated rings. The summed E-state index contributed by atoms with van der Waals surface area (Å²) in [5.41, 5.74) is 1.08. The van der Waals surface area contributed by atoms with Crippen LogP contribution in [-0.2, 0) is 14.3 Å². The van der Waals surface area contributed by atoms with Gasteiger partial charge in [0.05, 0.1) is 19.7 Å². The molecule has 4 nitrogen and oxygen atoms in total. The quantitative estimate of drug-likeness (QED) is 0.708. The molecule has 0 aliphatic heterocycles. The topological polar surface area (TPSA) is 46.6 Å². The lowest BCUT2D eigenvalue weighted by Crippen LogP contribution is -2.36. The molecule has 0 unspecified atom stereocenters. The summed E-state index contributed by atoms with van der Waals surface area (Å²) in [6.45, 7) is 6.01. The molecule has 0 aliphatic carbocycles. The lowest BCUT2D eigenvalue weighted by atomic mass is 10.1. The van der Waals surface area contributed by atoms with Gasteiger partial charge in [-0.15, -0.1) is 0 Å². The number of ketones is 1. The van der Waals surface area contributed by atoms with Gasteiger partial charge < -0.3 is 4.74 Å². The van der Waals surface area contributed by atoms with Crippen molar-refractivity contribution in [3.8, 4) is 0 Å². The van der Waals surface area contributed by atoms with Gasteiger partial charge in [0, 0.05) is 6.04 Å². The molecule has 0 radical (unpaired) electrons. The second-order valence-electron chi connectivity index (χ2n) is 4.50. The van der Waals surface area contributed by atoms with Crippen LogP contribution in [0.3, 0.4) is 0 Å². The number of nitrogens with zero attached hydrogens (tertiary/aromatic N) is 1. The van der Waals surface area contributed by atoms with Crippen LogP contribution in [0, 0.1) is 0 Å². The molecule has 0 aliphatic rings. The highest BCUT2D eigenvalue weighted by Gasteiger charge is 2.20. The van der Waals surface area contributed by atoms with E-state index < -0.39 is 0 Å². The van der Waals surface area contributed by atoms with Gasteiger partial charge in [0.25, 0.3) is 0 Å². The maximum atomic E-state index is 11.6. The van der Waals surface area contributed by atoms with Crippen LogP contribution >= 0.6 is 0 Å². The number of ether oxygens (including phenoxy) is 1. The molecule has 4 heteroatoms. The Morgan fingerprint density at radius 1 is 1.21 bits per heavy atom. The molecular weight excluding hydrogens is 242 g/mol. The van der Waals surface area contributed by atoms with E-state index in [1.165, 1.54) is 6.92 Å². The number of hydrogen-bond acceptors (Lipinski definition) is 4. The van der Waals surface area contributed by atoms with Crippen LogP contribution in [-0.4, -0.2) is 36.3 Å². The average Bonchev–Trinajstić information content (AvgIpc) is 2.38. The van der Waals surface area contributed by atoms with Crippen molar-refractivity contribution in [2.75, 3.05) is 19.7 Å². The molecule has 104 valence electrons. The van der Waals surface area contributed by atoms with E-state index in [1.54, 1.807) is 6.92 Å². The fourth-order valence-corrected chi connectivity index (χ4v) is 1.93. The molecule has 1 atom stereocenters. The SMILES string of the molecule is CCOC(=O)CN(CC(C)=O)[C@H](C)c1ccccc1. The molecule has 0 saturated carbocycles. The van der Waals surface area contributed by atoms with Crippen LogP contribution in [0.25, 0.3) is 0 Å². The van der Waals surface area contributed by atoms with Gasteiger partial charge in [-0.3, -0.25) is 14.5 Å². The van der Waals surface area contributed by atoms with Crippen LogP contribution in [0.4, 0.5) is 0 Å². The van der Waals surface area contributed by atoms with E-state index in [1.807, 2.05) is 42.2 Å². The fraction of sp³-hybridized carbons (Fsp3) is 0.467. The number of benzene rings is 1. The average molecular weight is 263 g/mol. The highest BCUT2D eigenvalue weighted by Crippen LogP contribution is 2.19. The zero-order chi connectivity index (χ0) is 14.3. The van der Waals surface area contributed by atoms with E-state index in [4.69, 9.17) is 4.74 Å². The van der Waals surface area contributed by atoms with Crippen molar-refractivity contribution in [1.82, 2.24) is 4.90 Å². The Morgan fingerprint density at radius 3 is 2.37 bits per heavy atom. The number of esters is 1. The zero-order valence-corrected chi connectivity index (χ0v) is 11.8. The lowest BCUT2D eigenvalue weighted by molar-refractivity contribution is -0.145. The first-order valence-corrected chi connectivity index (χ1v) is 6.48. The zero-order valence-electron chi connectivity index (χ0n) is 11.8. The summed E-state index contributed by atoms with van der Waals surface area (Å²) in [5, 5.41) is 0. The highest BCUT2D eigenvalue weighted by atomic mass is 16.5. The monoisotopic (exact) mass is 263 g/mol. The Hall–Kier alpha value is -1.68. The van der Waals surface area contributed by atoms with Crippen molar-refractivity contribution in [3.05, 3.63) is 35.9 Å². The smallest absolute Gasteiger partial charge is 0.320 e. The number of carbonyl (C=O) groups excluding carboxylic acids is 2. The largest absolute Gasteiger partial charge is 0.465 e. The summed E-state index contributed by atoms with van der Waals surface area (Å²) in [7, 11) is 0. The van der Waals surface area contributed by atoms with E-state index in [9.17, 15) is 9.59 Å². The summed E-state index contributed by atoms with van der Waals surface area (Å²) >= 11 is 0. The van der Waals surface area contributed by atoms with Gasteiger partial charge >= 0.3 is 5.97 Å². The van der Waals surface area contributed by atoms with Gasteiger partial charge in [-0.1, -0.05) is 30.3 Å². The second-order valence-corrected chi connectivity index (χ2v) is 4.50. The third-order valence-electron chi connectivity index (χ3n) is 2.89. The van der Waals surface area contributed by atoms with Crippen molar-refractivity contribution in [1.29, 1.82) is 0 Å². The molecule has 0 heterocycles. The van der Waals surface area contributed by atoms with Crippen LogP contribution in [0.2, 0.25) is 0 Å². The minimum atomic E-state index is -0.300. The predicted molar refractivity (Wildman–Crippen MR) is 73.7 cm³/mol. The first-order valence-electron chi connectivity index (χ1n) is 6.48. The molecule has 1 aromatic rings. The van der Waals surface area contributed by atoms with Crippen molar-refractivity contribution in [2.45, 2.75) is 26.8 Å². The molecule has 0 aromatic heterocycles. The maximum absolute atomic E-state index is 11.6. The van der Waals surface area contributed by atoms with Crippen molar-refractivity contribution >= 4 is 11.8 Å². The fourth-order valence-electron chi connectivity index (χ4n) is 1.93. The molecule has 0 N–H and O–H groups in total. The van der Waals surface area contributed by atoms with Gasteiger partial charge in [-0.2, -0.15) is 0 Å². The maximum Gasteiger partial charge on any atom is 0.320 e. The molecule has 0 spiro atoms. The molecule has 19 heavy (non-hydrogen) atoms. The molecule has 0 amide bonds. The van der Waals surface area contributed by atoms with Gasteiger partial charge in [0.1, 0.15) is 5.78 Å². The van der Waals surface area contributed by atoms with E-state index >= 15 is 0 Å². The summed E-state index contributed by atoms with van der Waals surface area (Å²) in [5.74, 6) is -0.265. The van der Waals surface area contributed by atoms with Crippen LogP contribution in [0.15, 0.2) is 30.3 Å². The normalized spacial score (nSPS) is 12.2. The number of rotatable bonds is 7. The third kappa shape index (κ3) is 5.22. The first kappa shape index (κ1) is 15.4.